The number of hydrogen-bond acceptors (Lipinski definition) is 18. The summed E-state index contributed by atoms with van der Waals surface area (Å²) in [6.45, 7) is 14.5. The minimum Gasteiger partial charge on any atom is -0.443 e. The van der Waals surface area contributed by atoms with E-state index in [4.69, 9.17) is 28.4 Å². The molecule has 11 rings (SSSR count). The Balaban J connectivity index is 0.000000200. The largest absolute Gasteiger partial charge is 0.443 e. The Morgan fingerprint density at radius 2 is 1.09 bits per heavy atom. The molecule has 5 saturated heterocycles. The number of thioether (sulfide) groups is 1. The van der Waals surface area contributed by atoms with Crippen molar-refractivity contribution in [2.75, 3.05) is 51.9 Å². The number of hydrogen-bond donors (Lipinski definition) is 7. The molecule has 4 aromatic carbocycles. The molecule has 2 aromatic heterocycles. The average molecular weight is 1260 g/mol. The standard InChI is InChI=1S/C35H43N5O6S.C35H46N4O5/c1-35(2)31(37-22-47-35)32(42)39-40(19-24-11-13-25(14-12-24)27-10-6-7-16-36-27)20-29(41)28(18-23-8-4-3-5-9-23)38-34(43)46-30-21-45-33-26(30)15-17-44-33;1-35(2,3)17-19-37-39(22-26-12-14-27(15-13-26)29-11-7-8-18-36-29)23-31(40)30(21-25-9-5-4-6-10-25)38-34(41)44-32-24-43-33-28(32)16-20-42-33/h3-14,16,26,28-31,33,37,41H,15,17-22H2,1-2H3,(H,38,43)(H,39,42);4-15,18,28,30-33,37,40H,16-17,19-24H2,1-3H3,(H,38,41). The third-order valence-electron chi connectivity index (χ3n) is 17.2. The van der Waals surface area contributed by atoms with Gasteiger partial charge in [-0.2, -0.15) is 0 Å². The molecule has 11 atom stereocenters. The van der Waals surface area contributed by atoms with Gasteiger partial charge in [-0.25, -0.2) is 19.6 Å². The SMILES string of the molecule is CC(C)(C)CCNN(Cc1ccc(-c2ccccn2)cc1)CC(O)C(Cc1ccccc1)NC(=O)OC1COC2OCCC12.CC1(C)SCNC1C(=O)NN(Cc1ccc(-c2ccccn2)cc1)CC(O)C(Cc1ccccc1)NC(=O)OC1COC2OCCC12. The smallest absolute Gasteiger partial charge is 0.407 e. The van der Waals surface area contributed by atoms with Gasteiger partial charge < -0.3 is 49.3 Å². The summed E-state index contributed by atoms with van der Waals surface area (Å²) in [5, 5.41) is 36.3. The molecular formula is C70H89N9O11S. The van der Waals surface area contributed by atoms with Gasteiger partial charge in [0, 0.05) is 66.9 Å². The van der Waals surface area contributed by atoms with Gasteiger partial charge in [0.15, 0.2) is 12.6 Å². The predicted molar refractivity (Wildman–Crippen MR) is 348 cm³/mol. The molecule has 7 heterocycles. The number of rotatable bonds is 25. The topological polar surface area (TPSA) is 239 Å². The minimum absolute atomic E-state index is 0.000350. The Morgan fingerprint density at radius 1 is 0.626 bits per heavy atom. The molecule has 91 heavy (non-hydrogen) atoms. The second-order valence-corrected chi connectivity index (χ2v) is 27.4. The van der Waals surface area contributed by atoms with Crippen molar-refractivity contribution in [3.63, 3.8) is 0 Å². The second kappa shape index (κ2) is 32.1. The van der Waals surface area contributed by atoms with E-state index in [1.807, 2.05) is 140 Å². The number of aliphatic hydroxyl groups excluding tert-OH is 2. The van der Waals surface area contributed by atoms with Gasteiger partial charge >= 0.3 is 12.2 Å². The Hall–Kier alpha value is -6.86. The first-order valence-electron chi connectivity index (χ1n) is 31.8. The Morgan fingerprint density at radius 3 is 1.53 bits per heavy atom. The van der Waals surface area contributed by atoms with Gasteiger partial charge in [0.25, 0.3) is 5.91 Å². The van der Waals surface area contributed by atoms with E-state index in [9.17, 15) is 24.6 Å². The highest BCUT2D eigenvalue weighted by Crippen LogP contribution is 2.35. The van der Waals surface area contributed by atoms with Crippen molar-refractivity contribution in [3.05, 3.63) is 180 Å². The van der Waals surface area contributed by atoms with E-state index in [2.05, 4.69) is 81.8 Å². The fourth-order valence-electron chi connectivity index (χ4n) is 12.0. The van der Waals surface area contributed by atoms with Crippen molar-refractivity contribution in [1.82, 2.24) is 46.8 Å². The number of amides is 3. The number of hydrazine groups is 2. The van der Waals surface area contributed by atoms with Gasteiger partial charge in [-0.3, -0.25) is 30.9 Å². The average Bonchev–Trinajstić information content (AvgIpc) is 1.85. The van der Waals surface area contributed by atoms with E-state index in [-0.39, 0.29) is 59.7 Å². The van der Waals surface area contributed by atoms with Crippen LogP contribution in [0.4, 0.5) is 9.59 Å². The lowest BCUT2D eigenvalue weighted by Crippen LogP contribution is -2.57. The number of nitrogens with one attached hydrogen (secondary N) is 5. The first-order chi connectivity index (χ1) is 44.0. The van der Waals surface area contributed by atoms with Crippen molar-refractivity contribution in [2.45, 2.75) is 140 Å². The first kappa shape index (κ1) is 67.0. The number of aromatic nitrogens is 2. The molecule has 0 bridgehead atoms. The summed E-state index contributed by atoms with van der Waals surface area (Å²) < 4.78 is 33.7. The quantitative estimate of drug-likeness (QED) is 0.0266. The molecule has 0 radical (unpaired) electrons. The zero-order chi connectivity index (χ0) is 63.7. The first-order valence-corrected chi connectivity index (χ1v) is 32.7. The number of carbonyl (C=O) groups is 3. The highest BCUT2D eigenvalue weighted by atomic mass is 32.2. The molecule has 0 saturated carbocycles. The maximum atomic E-state index is 13.6. The van der Waals surface area contributed by atoms with Crippen LogP contribution >= 0.6 is 11.8 Å². The van der Waals surface area contributed by atoms with Crippen LogP contribution in [0.15, 0.2) is 158 Å². The summed E-state index contributed by atoms with van der Waals surface area (Å²) in [6.07, 6.45) is 2.38. The Bertz CT molecular complexity index is 3210. The summed E-state index contributed by atoms with van der Waals surface area (Å²) in [6, 6.07) is 45.8. The van der Waals surface area contributed by atoms with E-state index in [0.29, 0.717) is 58.2 Å². The summed E-state index contributed by atoms with van der Waals surface area (Å²) in [4.78, 5) is 48.8. The van der Waals surface area contributed by atoms with Crippen LogP contribution in [0.2, 0.25) is 0 Å². The summed E-state index contributed by atoms with van der Waals surface area (Å²) >= 11 is 1.69. The molecule has 486 valence electrons. The van der Waals surface area contributed by atoms with Crippen molar-refractivity contribution >= 4 is 29.9 Å². The number of carbonyl (C=O) groups excluding carboxylic acids is 3. The van der Waals surface area contributed by atoms with Crippen molar-refractivity contribution in [3.8, 4) is 22.5 Å². The number of fused-ring (bicyclic) bond motifs is 2. The normalized spacial score (nSPS) is 22.8. The maximum absolute atomic E-state index is 13.6. The lowest BCUT2D eigenvalue weighted by Gasteiger charge is -2.32. The second-order valence-electron chi connectivity index (χ2n) is 25.8. The number of benzene rings is 4. The Labute approximate surface area is 538 Å². The highest BCUT2D eigenvalue weighted by molar-refractivity contribution is 8.00. The summed E-state index contributed by atoms with van der Waals surface area (Å²) in [7, 11) is 0. The van der Waals surface area contributed by atoms with E-state index in [1.165, 1.54) is 0 Å². The molecule has 11 unspecified atom stereocenters. The Kier molecular flexibility index (Phi) is 23.7. The van der Waals surface area contributed by atoms with E-state index in [0.717, 1.165) is 70.6 Å². The van der Waals surface area contributed by atoms with Crippen LogP contribution in [-0.4, -0.2) is 160 Å². The number of alkyl carbamates (subject to hydrolysis) is 2. The molecule has 6 aromatic rings. The van der Waals surface area contributed by atoms with Gasteiger partial charge in [-0.15, -0.1) is 11.8 Å². The van der Waals surface area contributed by atoms with Crippen LogP contribution in [0.5, 0.6) is 0 Å². The van der Waals surface area contributed by atoms with Gasteiger partial charge in [-0.05, 0) is 97.9 Å². The summed E-state index contributed by atoms with van der Waals surface area (Å²) in [5.41, 5.74) is 14.6. The summed E-state index contributed by atoms with van der Waals surface area (Å²) in [5.74, 6) is 0.538. The van der Waals surface area contributed by atoms with Crippen LogP contribution in [0.1, 0.15) is 76.1 Å². The van der Waals surface area contributed by atoms with Gasteiger partial charge in [0.2, 0.25) is 0 Å². The van der Waals surface area contributed by atoms with Crippen LogP contribution in [0.3, 0.4) is 0 Å². The lowest BCUT2D eigenvalue weighted by atomic mass is 9.92. The molecule has 0 aliphatic carbocycles. The molecule has 5 fully saturated rings. The fraction of sp³-hybridized carbons (Fsp3) is 0.471. The number of ether oxygens (including phenoxy) is 6. The van der Waals surface area contributed by atoms with E-state index < -0.39 is 48.6 Å². The van der Waals surface area contributed by atoms with Crippen LogP contribution in [0, 0.1) is 17.3 Å². The minimum atomic E-state index is -1.06. The molecular weight excluding hydrogens is 1170 g/mol. The van der Waals surface area contributed by atoms with E-state index in [1.54, 1.807) is 29.2 Å². The maximum Gasteiger partial charge on any atom is 0.407 e. The molecule has 5 aliphatic rings. The van der Waals surface area contributed by atoms with Gasteiger partial charge in [-0.1, -0.05) is 142 Å². The number of aliphatic hydroxyl groups is 2. The predicted octanol–water partition coefficient (Wildman–Crippen LogP) is 8.43. The zero-order valence-corrected chi connectivity index (χ0v) is 53.6. The van der Waals surface area contributed by atoms with Crippen LogP contribution in [-0.2, 0) is 59.1 Å². The zero-order valence-electron chi connectivity index (χ0n) is 52.7. The number of nitrogens with zero attached hydrogens (tertiary/aromatic N) is 4. The molecule has 0 spiro atoms. The van der Waals surface area contributed by atoms with E-state index >= 15 is 0 Å². The molecule has 20 nitrogen and oxygen atoms in total. The van der Waals surface area contributed by atoms with Gasteiger partial charge in [0.05, 0.1) is 73.9 Å². The van der Waals surface area contributed by atoms with Crippen molar-refractivity contribution in [1.29, 1.82) is 0 Å². The van der Waals surface area contributed by atoms with Crippen molar-refractivity contribution < 1.29 is 53.0 Å². The lowest BCUT2D eigenvalue weighted by molar-refractivity contribution is -0.129. The van der Waals surface area contributed by atoms with Crippen molar-refractivity contribution in [2.24, 2.45) is 17.3 Å². The molecule has 5 aliphatic heterocycles. The number of pyridine rings is 2. The molecule has 21 heteroatoms. The molecule has 3 amide bonds. The highest BCUT2D eigenvalue weighted by Gasteiger charge is 2.46. The third kappa shape index (κ3) is 19.6. The monoisotopic (exact) mass is 1260 g/mol. The van der Waals surface area contributed by atoms with Gasteiger partial charge in [0.1, 0.15) is 18.2 Å². The molecule has 7 N–H and O–H groups in total. The van der Waals surface area contributed by atoms with Crippen LogP contribution < -0.4 is 26.8 Å². The third-order valence-corrected chi connectivity index (χ3v) is 18.5. The van der Waals surface area contributed by atoms with Crippen LogP contribution in [0.25, 0.3) is 22.5 Å². The fourth-order valence-corrected chi connectivity index (χ4v) is 13.0.